The van der Waals surface area contributed by atoms with Gasteiger partial charge in [0.1, 0.15) is 5.82 Å². The molecule has 7 heteroatoms. The van der Waals surface area contributed by atoms with Crippen LogP contribution in [0.3, 0.4) is 0 Å². The van der Waals surface area contributed by atoms with Crippen LogP contribution >= 0.6 is 11.3 Å². The van der Waals surface area contributed by atoms with E-state index in [9.17, 15) is 19.3 Å². The third kappa shape index (κ3) is 3.39. The van der Waals surface area contributed by atoms with Gasteiger partial charge in [-0.15, -0.1) is 11.3 Å². The molecule has 0 spiro atoms. The molecule has 0 aliphatic rings. The molecule has 2 aromatic rings. The molecule has 0 aliphatic carbocycles. The van der Waals surface area contributed by atoms with Crippen LogP contribution in [0, 0.1) is 15.9 Å². The van der Waals surface area contributed by atoms with Crippen molar-refractivity contribution in [3.05, 3.63) is 62.1 Å². The maximum atomic E-state index is 13.6. The predicted molar refractivity (Wildman–Crippen MR) is 73.4 cm³/mol. The number of halogens is 1. The first-order valence-corrected chi connectivity index (χ1v) is 6.70. The van der Waals surface area contributed by atoms with Crippen LogP contribution < -0.4 is 5.32 Å². The zero-order valence-electron chi connectivity index (χ0n) is 10.3. The lowest BCUT2D eigenvalue weighted by Crippen LogP contribution is -2.26. The second-order valence-corrected chi connectivity index (χ2v) is 5.04. The van der Waals surface area contributed by atoms with Crippen molar-refractivity contribution in [1.82, 2.24) is 5.32 Å². The van der Waals surface area contributed by atoms with E-state index < -0.39 is 16.6 Å². The Kier molecular flexibility index (Phi) is 4.41. The van der Waals surface area contributed by atoms with Crippen LogP contribution in [0.4, 0.5) is 10.1 Å². The molecule has 0 atom stereocenters. The van der Waals surface area contributed by atoms with Gasteiger partial charge in [-0.05, 0) is 23.9 Å². The minimum atomic E-state index is -0.896. The van der Waals surface area contributed by atoms with E-state index in [1.54, 1.807) is 11.3 Å². The van der Waals surface area contributed by atoms with E-state index in [1.165, 1.54) is 0 Å². The highest BCUT2D eigenvalue weighted by atomic mass is 32.1. The molecule has 1 aromatic carbocycles. The molecule has 1 amide bonds. The summed E-state index contributed by atoms with van der Waals surface area (Å²) in [6.45, 7) is 0.385. The number of non-ortho nitro benzene ring substituents is 1. The van der Waals surface area contributed by atoms with Crippen LogP contribution in [0.1, 0.15) is 15.2 Å². The summed E-state index contributed by atoms with van der Waals surface area (Å²) in [5, 5.41) is 15.0. The Bertz CT molecular complexity index is 629. The number of carbonyl (C=O) groups is 1. The molecule has 20 heavy (non-hydrogen) atoms. The first kappa shape index (κ1) is 14.1. The van der Waals surface area contributed by atoms with Gasteiger partial charge in [-0.1, -0.05) is 6.07 Å². The lowest BCUT2D eigenvalue weighted by atomic mass is 10.2. The van der Waals surface area contributed by atoms with Gasteiger partial charge < -0.3 is 5.32 Å². The fourth-order valence-corrected chi connectivity index (χ4v) is 2.36. The molecule has 2 rings (SSSR count). The molecule has 0 bridgehead atoms. The molecule has 0 radical (unpaired) electrons. The number of nitrogens with zero attached hydrogens (tertiary/aromatic N) is 1. The van der Waals surface area contributed by atoms with Crippen molar-refractivity contribution in [2.45, 2.75) is 6.42 Å². The van der Waals surface area contributed by atoms with Crippen LogP contribution in [0.15, 0.2) is 35.7 Å². The van der Waals surface area contributed by atoms with Gasteiger partial charge in [0.15, 0.2) is 0 Å². The highest BCUT2D eigenvalue weighted by Gasteiger charge is 2.15. The number of rotatable bonds is 5. The Morgan fingerprint density at radius 1 is 1.40 bits per heavy atom. The Morgan fingerprint density at radius 2 is 2.20 bits per heavy atom. The number of amides is 1. The quantitative estimate of drug-likeness (QED) is 0.680. The molecular formula is C13H11FN2O3S. The number of hydrogen-bond donors (Lipinski definition) is 1. The third-order valence-corrected chi connectivity index (χ3v) is 3.58. The fourth-order valence-electron chi connectivity index (χ4n) is 1.65. The van der Waals surface area contributed by atoms with Gasteiger partial charge in [0, 0.05) is 17.5 Å². The van der Waals surface area contributed by atoms with Crippen molar-refractivity contribution in [1.29, 1.82) is 0 Å². The molecule has 0 fully saturated rings. The molecule has 0 aliphatic heterocycles. The summed E-state index contributed by atoms with van der Waals surface area (Å²) in [6.07, 6.45) is 0.665. The predicted octanol–water partition coefficient (Wildman–Crippen LogP) is 2.77. The first-order valence-electron chi connectivity index (χ1n) is 5.82. The number of thiophene rings is 1. The number of nitrogens with one attached hydrogen (secondary N) is 1. The van der Waals surface area contributed by atoms with E-state index >= 15 is 0 Å². The minimum absolute atomic E-state index is 0.193. The summed E-state index contributed by atoms with van der Waals surface area (Å²) in [7, 11) is 0. The van der Waals surface area contributed by atoms with Gasteiger partial charge in [0.25, 0.3) is 11.6 Å². The lowest BCUT2D eigenvalue weighted by molar-refractivity contribution is -0.385. The Morgan fingerprint density at radius 3 is 2.80 bits per heavy atom. The molecule has 0 unspecified atom stereocenters. The van der Waals surface area contributed by atoms with E-state index in [1.807, 2.05) is 17.5 Å². The molecule has 0 saturated carbocycles. The van der Waals surface area contributed by atoms with Gasteiger partial charge in [-0.25, -0.2) is 4.39 Å². The average molecular weight is 294 g/mol. The van der Waals surface area contributed by atoms with Gasteiger partial charge in [0.2, 0.25) is 0 Å². The van der Waals surface area contributed by atoms with Crippen molar-refractivity contribution in [2.24, 2.45) is 0 Å². The van der Waals surface area contributed by atoms with E-state index in [-0.39, 0.29) is 11.3 Å². The molecule has 5 nitrogen and oxygen atoms in total. The normalized spacial score (nSPS) is 10.2. The minimum Gasteiger partial charge on any atom is -0.352 e. The Balaban J connectivity index is 1.97. The number of nitro groups is 1. The van der Waals surface area contributed by atoms with Crippen molar-refractivity contribution < 1.29 is 14.1 Å². The molecule has 1 heterocycles. The number of nitro benzene ring substituents is 1. The largest absolute Gasteiger partial charge is 0.352 e. The van der Waals surface area contributed by atoms with E-state index in [0.29, 0.717) is 13.0 Å². The summed E-state index contributed by atoms with van der Waals surface area (Å²) in [5.74, 6) is -1.47. The molecule has 0 saturated heterocycles. The first-order chi connectivity index (χ1) is 9.58. The maximum absolute atomic E-state index is 13.6. The number of carbonyl (C=O) groups excluding carboxylic acids is 1. The SMILES string of the molecule is O=C(NCCc1cccs1)c1ccc([N+](=O)[O-])cc1F. The molecular weight excluding hydrogens is 283 g/mol. The maximum Gasteiger partial charge on any atom is 0.272 e. The topological polar surface area (TPSA) is 72.2 Å². The number of hydrogen-bond acceptors (Lipinski definition) is 4. The average Bonchev–Trinajstić information content (AvgIpc) is 2.91. The van der Waals surface area contributed by atoms with Crippen LogP contribution in [0.2, 0.25) is 0 Å². The zero-order valence-corrected chi connectivity index (χ0v) is 11.2. The van der Waals surface area contributed by atoms with Crippen molar-refractivity contribution in [3.63, 3.8) is 0 Å². The summed E-state index contributed by atoms with van der Waals surface area (Å²) in [4.78, 5) is 22.6. The molecule has 104 valence electrons. The zero-order chi connectivity index (χ0) is 14.5. The van der Waals surface area contributed by atoms with Crippen molar-refractivity contribution in [3.8, 4) is 0 Å². The highest BCUT2D eigenvalue weighted by molar-refractivity contribution is 7.09. The third-order valence-electron chi connectivity index (χ3n) is 2.65. The smallest absolute Gasteiger partial charge is 0.272 e. The number of benzene rings is 1. The second-order valence-electron chi connectivity index (χ2n) is 4.01. The highest BCUT2D eigenvalue weighted by Crippen LogP contribution is 2.16. The summed E-state index contributed by atoms with van der Waals surface area (Å²) in [6, 6.07) is 6.83. The van der Waals surface area contributed by atoms with Gasteiger partial charge in [0.05, 0.1) is 16.6 Å². The van der Waals surface area contributed by atoms with Gasteiger partial charge >= 0.3 is 0 Å². The Labute approximate surface area is 118 Å². The van der Waals surface area contributed by atoms with Crippen molar-refractivity contribution in [2.75, 3.05) is 6.54 Å². The standard InChI is InChI=1S/C13H11FN2O3S/c14-12-8-9(16(18)19)3-4-11(12)13(17)15-6-5-10-2-1-7-20-10/h1-4,7-8H,5-6H2,(H,15,17). The van der Waals surface area contributed by atoms with E-state index in [4.69, 9.17) is 0 Å². The summed E-state index contributed by atoms with van der Waals surface area (Å²) in [5.41, 5.74) is -0.570. The van der Waals surface area contributed by atoms with Crippen LogP contribution in [-0.4, -0.2) is 17.4 Å². The van der Waals surface area contributed by atoms with Crippen LogP contribution in [0.25, 0.3) is 0 Å². The van der Waals surface area contributed by atoms with E-state index in [2.05, 4.69) is 5.32 Å². The van der Waals surface area contributed by atoms with Gasteiger partial charge in [-0.2, -0.15) is 0 Å². The summed E-state index contributed by atoms with van der Waals surface area (Å²) >= 11 is 1.58. The van der Waals surface area contributed by atoms with Gasteiger partial charge in [-0.3, -0.25) is 14.9 Å². The molecule has 1 N–H and O–H groups in total. The van der Waals surface area contributed by atoms with E-state index in [0.717, 1.165) is 23.1 Å². The van der Waals surface area contributed by atoms with Crippen LogP contribution in [0.5, 0.6) is 0 Å². The molecule has 1 aromatic heterocycles. The lowest BCUT2D eigenvalue weighted by Gasteiger charge is -2.05. The Hall–Kier alpha value is -2.28. The fraction of sp³-hybridized carbons (Fsp3) is 0.154. The van der Waals surface area contributed by atoms with Crippen LogP contribution in [-0.2, 0) is 6.42 Å². The monoisotopic (exact) mass is 294 g/mol. The summed E-state index contributed by atoms with van der Waals surface area (Å²) < 4.78 is 13.6. The van der Waals surface area contributed by atoms with Crippen molar-refractivity contribution >= 4 is 22.9 Å². The second kappa shape index (κ2) is 6.25.